The molecular weight excluding hydrogens is 366 g/mol. The van der Waals surface area contributed by atoms with Gasteiger partial charge in [-0.25, -0.2) is 4.79 Å². The molecule has 142 valence electrons. The number of carbonyl (C=O) groups excluding carboxylic acids is 1. The van der Waals surface area contributed by atoms with E-state index in [0.29, 0.717) is 17.0 Å². The lowest BCUT2D eigenvalue weighted by Crippen LogP contribution is -2.21. The Morgan fingerprint density at radius 2 is 2.04 bits per heavy atom. The van der Waals surface area contributed by atoms with Crippen LogP contribution in [0.5, 0.6) is 5.75 Å². The highest BCUT2D eigenvalue weighted by Crippen LogP contribution is 2.30. The number of carboxylic acid groups (broad SMARTS) is 1. The first-order chi connectivity index (χ1) is 13.3. The minimum absolute atomic E-state index is 0.0290. The molecule has 0 radical (unpaired) electrons. The van der Waals surface area contributed by atoms with Crippen molar-refractivity contribution in [3.05, 3.63) is 69.3 Å². The summed E-state index contributed by atoms with van der Waals surface area (Å²) >= 11 is 0. The van der Waals surface area contributed by atoms with Gasteiger partial charge >= 0.3 is 11.7 Å². The number of anilines is 1. The first-order valence-corrected chi connectivity index (χ1v) is 8.09. The Morgan fingerprint density at radius 1 is 1.29 bits per heavy atom. The molecule has 1 aliphatic rings. The van der Waals surface area contributed by atoms with Crippen molar-refractivity contribution in [2.24, 2.45) is 5.10 Å². The number of nitro benzene ring substituents is 1. The minimum atomic E-state index is -1.12. The number of carbonyl (C=O) groups is 2. The Kier molecular flexibility index (Phi) is 4.90. The molecule has 28 heavy (non-hydrogen) atoms. The second kappa shape index (κ2) is 7.31. The van der Waals surface area contributed by atoms with Gasteiger partial charge in [-0.2, -0.15) is 10.1 Å². The van der Waals surface area contributed by atoms with Crippen molar-refractivity contribution >= 4 is 35.0 Å². The predicted octanol–water partition coefficient (Wildman–Crippen LogP) is 3.11. The zero-order valence-electron chi connectivity index (χ0n) is 14.9. The number of hydrazone groups is 1. The number of amides is 1. The van der Waals surface area contributed by atoms with Gasteiger partial charge in [0.05, 0.1) is 34.6 Å². The Morgan fingerprint density at radius 3 is 2.68 bits per heavy atom. The third-order valence-electron chi connectivity index (χ3n) is 4.11. The van der Waals surface area contributed by atoms with E-state index < -0.39 is 16.8 Å². The number of nitrogens with zero attached hydrogens (tertiary/aromatic N) is 3. The van der Waals surface area contributed by atoms with Crippen LogP contribution in [0, 0.1) is 10.1 Å². The van der Waals surface area contributed by atoms with E-state index in [0.717, 1.165) is 5.01 Å². The second-order valence-electron chi connectivity index (χ2n) is 5.90. The number of rotatable bonds is 5. The topological polar surface area (TPSA) is 122 Å². The third kappa shape index (κ3) is 3.45. The molecule has 0 atom stereocenters. The van der Waals surface area contributed by atoms with Gasteiger partial charge in [0.25, 0.3) is 5.91 Å². The van der Waals surface area contributed by atoms with Crippen molar-refractivity contribution in [1.29, 1.82) is 0 Å². The number of ether oxygens (including phenoxy) is 1. The van der Waals surface area contributed by atoms with E-state index in [1.165, 1.54) is 43.5 Å². The third-order valence-corrected chi connectivity index (χ3v) is 4.11. The minimum Gasteiger partial charge on any atom is -0.490 e. The van der Waals surface area contributed by atoms with Crippen molar-refractivity contribution in [1.82, 2.24) is 0 Å². The van der Waals surface area contributed by atoms with Crippen LogP contribution in [0.25, 0.3) is 6.08 Å². The fourth-order valence-corrected chi connectivity index (χ4v) is 2.74. The molecule has 9 heteroatoms. The van der Waals surface area contributed by atoms with Crippen LogP contribution in [0.2, 0.25) is 0 Å². The van der Waals surface area contributed by atoms with Crippen molar-refractivity contribution in [3.8, 4) is 5.75 Å². The summed E-state index contributed by atoms with van der Waals surface area (Å²) in [5.74, 6) is -1.46. The van der Waals surface area contributed by atoms with Crippen LogP contribution in [0.4, 0.5) is 11.4 Å². The maximum atomic E-state index is 12.8. The second-order valence-corrected chi connectivity index (χ2v) is 5.90. The molecule has 1 heterocycles. The SMILES string of the molecule is COc1ccc(/C=C2\C(=O)N(c3cccc(C(=O)O)c3)N=C2C)cc1[N+](=O)[O-]. The average molecular weight is 381 g/mol. The maximum Gasteiger partial charge on any atom is 0.335 e. The summed E-state index contributed by atoms with van der Waals surface area (Å²) in [6, 6.07) is 10.2. The van der Waals surface area contributed by atoms with Gasteiger partial charge < -0.3 is 9.84 Å². The number of hydrogen-bond donors (Lipinski definition) is 1. The molecule has 0 spiro atoms. The Bertz CT molecular complexity index is 1060. The quantitative estimate of drug-likeness (QED) is 0.482. The van der Waals surface area contributed by atoms with Crippen LogP contribution in [-0.2, 0) is 4.79 Å². The summed E-state index contributed by atoms with van der Waals surface area (Å²) < 4.78 is 4.97. The molecule has 0 saturated carbocycles. The Hall–Kier alpha value is -4.01. The molecule has 0 aromatic heterocycles. The lowest BCUT2D eigenvalue weighted by molar-refractivity contribution is -0.385. The van der Waals surface area contributed by atoms with Gasteiger partial charge in [0.15, 0.2) is 5.75 Å². The molecule has 2 aromatic carbocycles. The number of benzene rings is 2. The summed E-state index contributed by atoms with van der Waals surface area (Å²) in [6.45, 7) is 1.63. The van der Waals surface area contributed by atoms with Crippen molar-refractivity contribution < 1.29 is 24.4 Å². The molecule has 1 aliphatic heterocycles. The summed E-state index contributed by atoms with van der Waals surface area (Å²) in [5, 5.41) is 25.6. The van der Waals surface area contributed by atoms with Gasteiger partial charge in [-0.15, -0.1) is 0 Å². The highest BCUT2D eigenvalue weighted by atomic mass is 16.6. The highest BCUT2D eigenvalue weighted by molar-refractivity contribution is 6.32. The molecule has 9 nitrogen and oxygen atoms in total. The Balaban J connectivity index is 1.97. The van der Waals surface area contributed by atoms with Gasteiger partial charge in [0.1, 0.15) is 0 Å². The fraction of sp³-hybridized carbons (Fsp3) is 0.105. The standard InChI is InChI=1S/C19H15N3O6/c1-11-15(8-12-6-7-17(28-2)16(9-12)22(26)27)18(23)21(20-11)14-5-3-4-13(10-14)19(24)25/h3-10H,1-2H3,(H,24,25)/b15-8-. The smallest absolute Gasteiger partial charge is 0.335 e. The number of carboxylic acids is 1. The lowest BCUT2D eigenvalue weighted by atomic mass is 10.1. The number of nitro groups is 1. The first kappa shape index (κ1) is 18.8. The fourth-order valence-electron chi connectivity index (χ4n) is 2.74. The van der Waals surface area contributed by atoms with E-state index in [-0.39, 0.29) is 22.6 Å². The molecule has 1 N–H and O–H groups in total. The van der Waals surface area contributed by atoms with Gasteiger partial charge in [-0.05, 0) is 42.8 Å². The van der Waals surface area contributed by atoms with Crippen LogP contribution < -0.4 is 9.75 Å². The van der Waals surface area contributed by atoms with Crippen LogP contribution in [0.1, 0.15) is 22.8 Å². The average Bonchev–Trinajstić information content (AvgIpc) is 2.96. The van der Waals surface area contributed by atoms with Gasteiger partial charge in [0, 0.05) is 6.07 Å². The summed E-state index contributed by atoms with van der Waals surface area (Å²) in [5.41, 5.74) is 1.22. The van der Waals surface area contributed by atoms with Crippen molar-refractivity contribution in [2.45, 2.75) is 6.92 Å². The summed E-state index contributed by atoms with van der Waals surface area (Å²) in [6.07, 6.45) is 1.49. The molecule has 0 unspecified atom stereocenters. The summed E-state index contributed by atoms with van der Waals surface area (Å²) in [7, 11) is 1.33. The van der Waals surface area contributed by atoms with Gasteiger partial charge in [-0.3, -0.25) is 14.9 Å². The molecule has 0 saturated heterocycles. The van der Waals surface area contributed by atoms with Crippen LogP contribution in [0.3, 0.4) is 0 Å². The van der Waals surface area contributed by atoms with E-state index in [1.54, 1.807) is 19.1 Å². The zero-order chi connectivity index (χ0) is 20.4. The molecule has 0 fully saturated rings. The normalized spacial score (nSPS) is 14.9. The number of methoxy groups -OCH3 is 1. The largest absolute Gasteiger partial charge is 0.490 e. The monoisotopic (exact) mass is 381 g/mol. The van der Waals surface area contributed by atoms with Crippen LogP contribution in [0.15, 0.2) is 53.1 Å². The molecule has 3 rings (SSSR count). The number of aromatic carboxylic acids is 1. The van der Waals surface area contributed by atoms with Crippen molar-refractivity contribution in [3.63, 3.8) is 0 Å². The zero-order valence-corrected chi connectivity index (χ0v) is 14.9. The van der Waals surface area contributed by atoms with E-state index in [1.807, 2.05) is 0 Å². The first-order valence-electron chi connectivity index (χ1n) is 8.09. The van der Waals surface area contributed by atoms with E-state index in [2.05, 4.69) is 5.10 Å². The molecule has 0 aliphatic carbocycles. The lowest BCUT2D eigenvalue weighted by Gasteiger charge is -2.12. The van der Waals surface area contributed by atoms with Crippen molar-refractivity contribution in [2.75, 3.05) is 12.1 Å². The van der Waals surface area contributed by atoms with E-state index in [4.69, 9.17) is 9.84 Å². The summed E-state index contributed by atoms with van der Waals surface area (Å²) in [4.78, 5) is 34.5. The van der Waals surface area contributed by atoms with Crippen LogP contribution >= 0.6 is 0 Å². The highest BCUT2D eigenvalue weighted by Gasteiger charge is 2.29. The van der Waals surface area contributed by atoms with E-state index in [9.17, 15) is 19.7 Å². The van der Waals surface area contributed by atoms with E-state index >= 15 is 0 Å². The van der Waals surface area contributed by atoms with Crippen LogP contribution in [-0.4, -0.2) is 34.7 Å². The number of hydrogen-bond acceptors (Lipinski definition) is 6. The maximum absolute atomic E-state index is 12.8. The molecule has 1 amide bonds. The molecule has 0 bridgehead atoms. The Labute approximate surface area is 159 Å². The molecule has 2 aromatic rings. The molecular formula is C19H15N3O6. The van der Waals surface area contributed by atoms with Gasteiger partial charge in [0.2, 0.25) is 0 Å². The van der Waals surface area contributed by atoms with Gasteiger partial charge in [-0.1, -0.05) is 12.1 Å². The predicted molar refractivity (Wildman–Crippen MR) is 102 cm³/mol.